The Bertz CT molecular complexity index is 502. The largest absolute Gasteiger partial charge is 0.573 e. The van der Waals surface area contributed by atoms with Gasteiger partial charge in [0, 0.05) is 13.1 Å². The van der Waals surface area contributed by atoms with Crippen molar-refractivity contribution < 1.29 is 31.1 Å². The van der Waals surface area contributed by atoms with E-state index in [1.165, 1.54) is 11.0 Å². The molecule has 130 valence electrons. The zero-order chi connectivity index (χ0) is 17.1. The molecule has 2 heterocycles. The third-order valence-corrected chi connectivity index (χ3v) is 3.31. The van der Waals surface area contributed by atoms with Crippen LogP contribution in [0.2, 0.25) is 0 Å². The fourth-order valence-electron chi connectivity index (χ4n) is 2.40. The summed E-state index contributed by atoms with van der Waals surface area (Å²) in [6.07, 6.45) is -7.43. The van der Waals surface area contributed by atoms with Gasteiger partial charge in [-0.15, -0.1) is 13.2 Å². The smallest absolute Gasteiger partial charge is 0.404 e. The number of pyridine rings is 1. The van der Waals surface area contributed by atoms with Gasteiger partial charge in [-0.3, -0.25) is 4.90 Å². The number of likely N-dealkylation sites (tertiary alicyclic amines) is 1. The van der Waals surface area contributed by atoms with Crippen molar-refractivity contribution in [1.29, 1.82) is 0 Å². The predicted molar refractivity (Wildman–Crippen MR) is 70.0 cm³/mol. The highest BCUT2D eigenvalue weighted by Crippen LogP contribution is 2.24. The number of ether oxygens (including phenoxy) is 1. The molecule has 0 aliphatic carbocycles. The molecule has 2 rings (SSSR count). The lowest BCUT2D eigenvalue weighted by Gasteiger charge is -2.18. The van der Waals surface area contributed by atoms with Crippen molar-refractivity contribution in [3.05, 3.63) is 18.3 Å². The molecule has 1 aromatic rings. The van der Waals surface area contributed by atoms with Gasteiger partial charge in [-0.2, -0.15) is 13.2 Å². The van der Waals surface area contributed by atoms with Crippen LogP contribution >= 0.6 is 0 Å². The van der Waals surface area contributed by atoms with Gasteiger partial charge in [0.25, 0.3) is 0 Å². The summed E-state index contributed by atoms with van der Waals surface area (Å²) in [5.74, 6) is -0.0562. The SMILES string of the molecule is FC(F)(F)CN1CCC(CNc2ccc(OC(F)(F)F)cn2)C1. The Morgan fingerprint density at radius 3 is 2.52 bits per heavy atom. The maximum Gasteiger partial charge on any atom is 0.573 e. The molecule has 1 unspecified atom stereocenters. The Balaban J connectivity index is 1.76. The summed E-state index contributed by atoms with van der Waals surface area (Å²) in [5, 5.41) is 2.90. The van der Waals surface area contributed by atoms with Crippen molar-refractivity contribution in [2.45, 2.75) is 19.0 Å². The average molecular weight is 343 g/mol. The van der Waals surface area contributed by atoms with E-state index in [-0.39, 0.29) is 5.92 Å². The van der Waals surface area contributed by atoms with E-state index in [0.717, 1.165) is 12.3 Å². The number of nitrogens with one attached hydrogen (secondary N) is 1. The number of nitrogens with zero attached hydrogens (tertiary/aromatic N) is 2. The van der Waals surface area contributed by atoms with Crippen LogP contribution in [0.3, 0.4) is 0 Å². The molecule has 1 aromatic heterocycles. The molecule has 1 aliphatic rings. The van der Waals surface area contributed by atoms with Crippen LogP contribution in [0.5, 0.6) is 5.75 Å². The van der Waals surface area contributed by atoms with E-state index in [1.807, 2.05) is 0 Å². The van der Waals surface area contributed by atoms with Crippen molar-refractivity contribution in [3.8, 4) is 5.75 Å². The molecule has 10 heteroatoms. The fourth-order valence-corrected chi connectivity index (χ4v) is 2.40. The summed E-state index contributed by atoms with van der Waals surface area (Å²) in [4.78, 5) is 5.11. The minimum absolute atomic E-state index is 0.0326. The molecule has 0 saturated carbocycles. The van der Waals surface area contributed by atoms with Gasteiger partial charge in [-0.25, -0.2) is 4.98 Å². The van der Waals surface area contributed by atoms with Crippen LogP contribution < -0.4 is 10.1 Å². The molecule has 4 nitrogen and oxygen atoms in total. The molecule has 1 N–H and O–H groups in total. The summed E-state index contributed by atoms with van der Waals surface area (Å²) < 4.78 is 76.5. The number of hydrogen-bond donors (Lipinski definition) is 1. The number of halogens is 6. The van der Waals surface area contributed by atoms with Crippen molar-refractivity contribution in [2.75, 3.05) is 31.5 Å². The second-order valence-electron chi connectivity index (χ2n) is 5.31. The molecule has 1 fully saturated rings. The van der Waals surface area contributed by atoms with E-state index in [0.29, 0.717) is 31.9 Å². The lowest BCUT2D eigenvalue weighted by atomic mass is 10.1. The van der Waals surface area contributed by atoms with Gasteiger partial charge in [0.1, 0.15) is 11.6 Å². The van der Waals surface area contributed by atoms with Gasteiger partial charge in [0.2, 0.25) is 0 Å². The maximum atomic E-state index is 12.3. The quantitative estimate of drug-likeness (QED) is 0.833. The normalized spacial score (nSPS) is 19.8. The number of anilines is 1. The first kappa shape index (κ1) is 17.6. The van der Waals surface area contributed by atoms with Crippen LogP contribution in [0.1, 0.15) is 6.42 Å². The lowest BCUT2D eigenvalue weighted by Crippen LogP contribution is -2.33. The molecule has 0 spiro atoms. The summed E-state index contributed by atoms with van der Waals surface area (Å²) in [6.45, 7) is 0.172. The molecule has 1 saturated heterocycles. The molecular formula is C13H15F6N3O. The minimum atomic E-state index is -4.78. The molecule has 0 aromatic carbocycles. The van der Waals surface area contributed by atoms with E-state index >= 15 is 0 Å². The van der Waals surface area contributed by atoms with Crippen molar-refractivity contribution in [1.82, 2.24) is 9.88 Å². The van der Waals surface area contributed by atoms with Gasteiger partial charge in [0.15, 0.2) is 0 Å². The number of aromatic nitrogens is 1. The highest BCUT2D eigenvalue weighted by atomic mass is 19.4. The van der Waals surface area contributed by atoms with E-state index in [1.54, 1.807) is 0 Å². The first-order chi connectivity index (χ1) is 10.6. The number of hydrogen-bond acceptors (Lipinski definition) is 4. The molecule has 1 atom stereocenters. The molecular weight excluding hydrogens is 328 g/mol. The molecule has 0 radical (unpaired) electrons. The van der Waals surface area contributed by atoms with E-state index in [2.05, 4.69) is 15.0 Å². The maximum absolute atomic E-state index is 12.3. The van der Waals surface area contributed by atoms with Crippen LogP contribution in [0.4, 0.5) is 32.2 Å². The van der Waals surface area contributed by atoms with Gasteiger partial charge >= 0.3 is 12.5 Å². The zero-order valence-corrected chi connectivity index (χ0v) is 11.9. The monoisotopic (exact) mass is 343 g/mol. The summed E-state index contributed by atoms with van der Waals surface area (Å²) in [6, 6.07) is 2.44. The van der Waals surface area contributed by atoms with E-state index in [4.69, 9.17) is 0 Å². The van der Waals surface area contributed by atoms with Crippen LogP contribution in [-0.4, -0.2) is 48.6 Å². The summed E-state index contributed by atoms with van der Waals surface area (Å²) in [7, 11) is 0. The third kappa shape index (κ3) is 6.51. The average Bonchev–Trinajstić information content (AvgIpc) is 2.81. The van der Waals surface area contributed by atoms with Gasteiger partial charge in [0.05, 0.1) is 12.7 Å². The first-order valence-corrected chi connectivity index (χ1v) is 6.85. The van der Waals surface area contributed by atoms with E-state index < -0.39 is 24.8 Å². The van der Waals surface area contributed by atoms with Crippen LogP contribution in [-0.2, 0) is 0 Å². The Kier molecular flexibility index (Phi) is 5.23. The highest BCUT2D eigenvalue weighted by Gasteiger charge is 2.34. The van der Waals surface area contributed by atoms with Gasteiger partial charge in [-0.05, 0) is 31.0 Å². The zero-order valence-electron chi connectivity index (χ0n) is 11.9. The standard InChI is InChI=1S/C13H15F6N3O/c14-12(15,16)8-22-4-3-9(7-22)5-20-11-2-1-10(6-21-11)23-13(17,18)19/h1-2,6,9H,3-5,7-8H2,(H,20,21). The number of rotatable bonds is 5. The van der Waals surface area contributed by atoms with E-state index in [9.17, 15) is 26.3 Å². The van der Waals surface area contributed by atoms with Gasteiger partial charge in [-0.1, -0.05) is 0 Å². The molecule has 23 heavy (non-hydrogen) atoms. The Morgan fingerprint density at radius 2 is 1.96 bits per heavy atom. The third-order valence-electron chi connectivity index (χ3n) is 3.31. The Labute approximate surface area is 128 Å². The van der Waals surface area contributed by atoms with Crippen LogP contribution in [0.15, 0.2) is 18.3 Å². The fraction of sp³-hybridized carbons (Fsp3) is 0.615. The van der Waals surface area contributed by atoms with Gasteiger partial charge < -0.3 is 10.1 Å². The minimum Gasteiger partial charge on any atom is -0.404 e. The number of alkyl halides is 6. The summed E-state index contributed by atoms with van der Waals surface area (Å²) >= 11 is 0. The first-order valence-electron chi connectivity index (χ1n) is 6.85. The highest BCUT2D eigenvalue weighted by molar-refractivity contribution is 5.37. The molecule has 0 bridgehead atoms. The topological polar surface area (TPSA) is 37.4 Å². The lowest BCUT2D eigenvalue weighted by molar-refractivity contribution is -0.274. The second kappa shape index (κ2) is 6.81. The van der Waals surface area contributed by atoms with Crippen molar-refractivity contribution >= 4 is 5.82 Å². The van der Waals surface area contributed by atoms with Crippen molar-refractivity contribution in [2.24, 2.45) is 5.92 Å². The van der Waals surface area contributed by atoms with Crippen molar-refractivity contribution in [3.63, 3.8) is 0 Å². The predicted octanol–water partition coefficient (Wildman–Crippen LogP) is 3.28. The second-order valence-corrected chi connectivity index (χ2v) is 5.31. The summed E-state index contributed by atoms with van der Waals surface area (Å²) in [5.41, 5.74) is 0. The molecule has 1 aliphatic heterocycles. The molecule has 0 amide bonds. The Hall–Kier alpha value is -1.71. The van der Waals surface area contributed by atoms with Crippen LogP contribution in [0.25, 0.3) is 0 Å². The Morgan fingerprint density at radius 1 is 1.22 bits per heavy atom. The van der Waals surface area contributed by atoms with Crippen LogP contribution in [0, 0.1) is 5.92 Å².